The van der Waals surface area contributed by atoms with Crippen LogP contribution in [0.2, 0.25) is 0 Å². The number of carbonyl (C=O) groups is 1. The quantitative estimate of drug-likeness (QED) is 0.933. The number of fused-ring (bicyclic) bond motifs is 1. The molecule has 0 saturated heterocycles. The Kier molecular flexibility index (Phi) is 4.22. The summed E-state index contributed by atoms with van der Waals surface area (Å²) in [4.78, 5) is 12.5. The predicted molar refractivity (Wildman–Crippen MR) is 88.5 cm³/mol. The Hall–Kier alpha value is -2.50. The molecule has 1 aliphatic heterocycles. The third-order valence-electron chi connectivity index (χ3n) is 3.94. The van der Waals surface area contributed by atoms with Crippen molar-refractivity contribution >= 4 is 5.91 Å². The smallest absolute Gasteiger partial charge is 0.256 e. The number of aryl methyl sites for hydroxylation is 1. The molecule has 0 unspecified atom stereocenters. The van der Waals surface area contributed by atoms with Gasteiger partial charge in [-0.3, -0.25) is 4.79 Å². The average molecular weight is 330 g/mol. The minimum Gasteiger partial charge on any atom is -0.454 e. The molecule has 0 saturated carbocycles. The fraction of sp³-hybridized carbons (Fsp3) is 0.444. The number of carbonyl (C=O) groups excluding carboxylic acids is 1. The largest absolute Gasteiger partial charge is 0.454 e. The monoisotopic (exact) mass is 330 g/mol. The number of ether oxygens (including phenoxy) is 2. The lowest BCUT2D eigenvalue weighted by Gasteiger charge is -2.16. The average Bonchev–Trinajstić information content (AvgIpc) is 3.12. The maximum absolute atomic E-state index is 12.5. The number of nitrogens with zero attached hydrogens (tertiary/aromatic N) is 1. The number of hydrogen-bond donors (Lipinski definition) is 1. The van der Waals surface area contributed by atoms with Gasteiger partial charge in [-0.15, -0.1) is 0 Å². The molecular formula is C18H22N2O4. The van der Waals surface area contributed by atoms with Crippen molar-refractivity contribution < 1.29 is 18.8 Å². The summed E-state index contributed by atoms with van der Waals surface area (Å²) in [5.41, 5.74) is 2.05. The van der Waals surface area contributed by atoms with Gasteiger partial charge < -0.3 is 19.3 Å². The first-order chi connectivity index (χ1) is 11.4. The topological polar surface area (TPSA) is 73.6 Å². The summed E-state index contributed by atoms with van der Waals surface area (Å²) in [5, 5.41) is 6.99. The number of benzene rings is 1. The van der Waals surface area contributed by atoms with E-state index in [0.29, 0.717) is 30.0 Å². The Labute approximate surface area is 141 Å². The molecule has 0 bridgehead atoms. The first-order valence-electron chi connectivity index (χ1n) is 8.00. The van der Waals surface area contributed by atoms with Gasteiger partial charge in [0.1, 0.15) is 17.0 Å². The number of amides is 1. The summed E-state index contributed by atoms with van der Waals surface area (Å²) in [5.74, 6) is 1.90. The van der Waals surface area contributed by atoms with Gasteiger partial charge in [-0.1, -0.05) is 32.0 Å². The molecule has 1 N–H and O–H groups in total. The first-order valence-corrected chi connectivity index (χ1v) is 8.00. The fourth-order valence-corrected chi connectivity index (χ4v) is 2.66. The molecule has 128 valence electrons. The second kappa shape index (κ2) is 6.19. The molecule has 2 aromatic rings. The van der Waals surface area contributed by atoms with Gasteiger partial charge in [0, 0.05) is 12.0 Å². The Balaban J connectivity index is 1.63. The van der Waals surface area contributed by atoms with Crippen LogP contribution in [0.4, 0.5) is 0 Å². The van der Waals surface area contributed by atoms with Gasteiger partial charge in [0.05, 0.1) is 0 Å². The molecule has 3 rings (SSSR count). The molecule has 2 heterocycles. The molecule has 1 amide bonds. The molecule has 24 heavy (non-hydrogen) atoms. The Morgan fingerprint density at radius 2 is 2.00 bits per heavy atom. The van der Waals surface area contributed by atoms with Crippen LogP contribution in [0, 0.1) is 6.92 Å². The molecule has 1 aliphatic rings. The lowest BCUT2D eigenvalue weighted by Crippen LogP contribution is -2.29. The molecule has 6 heteroatoms. The number of rotatable bonds is 4. The van der Waals surface area contributed by atoms with Crippen LogP contribution in [0.15, 0.2) is 22.7 Å². The zero-order chi connectivity index (χ0) is 17.3. The van der Waals surface area contributed by atoms with Gasteiger partial charge in [-0.25, -0.2) is 0 Å². The molecule has 0 atom stereocenters. The van der Waals surface area contributed by atoms with Crippen molar-refractivity contribution in [2.45, 2.75) is 39.5 Å². The summed E-state index contributed by atoms with van der Waals surface area (Å²) in [6.45, 7) is 8.56. The number of aromatic nitrogens is 1. The Morgan fingerprint density at radius 1 is 1.25 bits per heavy atom. The van der Waals surface area contributed by atoms with E-state index in [1.165, 1.54) is 0 Å². The molecule has 1 aromatic heterocycles. The molecule has 1 aromatic carbocycles. The normalized spacial score (nSPS) is 13.2. The van der Waals surface area contributed by atoms with Crippen LogP contribution in [0.5, 0.6) is 11.5 Å². The van der Waals surface area contributed by atoms with Crippen molar-refractivity contribution in [2.75, 3.05) is 13.3 Å². The van der Waals surface area contributed by atoms with Gasteiger partial charge in [-0.05, 0) is 31.0 Å². The summed E-state index contributed by atoms with van der Waals surface area (Å²) < 4.78 is 15.9. The highest BCUT2D eigenvalue weighted by Gasteiger charge is 2.28. The standard InChI is InChI=1S/C18H22N2O4/c1-11-15(16(20-24-11)18(2,3)4)17(21)19-8-7-12-5-6-13-14(9-12)23-10-22-13/h5-6,9H,7-8,10H2,1-4H3,(H,19,21). The third-order valence-corrected chi connectivity index (χ3v) is 3.94. The first kappa shape index (κ1) is 16.4. The van der Waals surface area contributed by atoms with Gasteiger partial charge in [0.2, 0.25) is 6.79 Å². The van der Waals surface area contributed by atoms with Crippen LogP contribution in [-0.2, 0) is 11.8 Å². The van der Waals surface area contributed by atoms with Crippen LogP contribution in [-0.4, -0.2) is 24.4 Å². The summed E-state index contributed by atoms with van der Waals surface area (Å²) in [6, 6.07) is 5.81. The summed E-state index contributed by atoms with van der Waals surface area (Å²) in [6.07, 6.45) is 0.706. The minimum atomic E-state index is -0.248. The molecule has 0 aliphatic carbocycles. The lowest BCUT2D eigenvalue weighted by molar-refractivity contribution is 0.0950. The van der Waals surface area contributed by atoms with Crippen molar-refractivity contribution in [3.63, 3.8) is 0 Å². The van der Waals surface area contributed by atoms with Crippen molar-refractivity contribution in [1.82, 2.24) is 10.5 Å². The highest BCUT2D eigenvalue weighted by atomic mass is 16.7. The van der Waals surface area contributed by atoms with Crippen molar-refractivity contribution in [1.29, 1.82) is 0 Å². The number of hydrogen-bond acceptors (Lipinski definition) is 5. The summed E-state index contributed by atoms with van der Waals surface area (Å²) >= 11 is 0. The molecule has 0 spiro atoms. The highest BCUT2D eigenvalue weighted by molar-refractivity contribution is 5.96. The zero-order valence-electron chi connectivity index (χ0n) is 14.4. The van der Waals surface area contributed by atoms with Gasteiger partial charge in [0.15, 0.2) is 11.5 Å². The fourth-order valence-electron chi connectivity index (χ4n) is 2.66. The van der Waals surface area contributed by atoms with Crippen LogP contribution in [0.25, 0.3) is 0 Å². The zero-order valence-corrected chi connectivity index (χ0v) is 14.4. The maximum Gasteiger partial charge on any atom is 0.256 e. The van der Waals surface area contributed by atoms with E-state index in [0.717, 1.165) is 17.1 Å². The van der Waals surface area contributed by atoms with E-state index in [2.05, 4.69) is 10.5 Å². The minimum absolute atomic E-state index is 0.153. The SMILES string of the molecule is Cc1onc(C(C)(C)C)c1C(=O)NCCc1ccc2c(c1)OCO2. The van der Waals surface area contributed by atoms with Crippen LogP contribution < -0.4 is 14.8 Å². The van der Waals surface area contributed by atoms with Gasteiger partial charge in [-0.2, -0.15) is 0 Å². The molecule has 0 fully saturated rings. The van der Waals surface area contributed by atoms with Crippen molar-refractivity contribution in [3.05, 3.63) is 40.8 Å². The third kappa shape index (κ3) is 3.22. The van der Waals surface area contributed by atoms with E-state index in [1.807, 2.05) is 39.0 Å². The van der Waals surface area contributed by atoms with E-state index in [9.17, 15) is 4.79 Å². The van der Waals surface area contributed by atoms with Crippen LogP contribution >= 0.6 is 0 Å². The Bertz CT molecular complexity index is 759. The highest BCUT2D eigenvalue weighted by Crippen LogP contribution is 2.32. The predicted octanol–water partition coefficient (Wildman–Crippen LogP) is 2.98. The van der Waals surface area contributed by atoms with Crippen molar-refractivity contribution in [3.8, 4) is 11.5 Å². The molecular weight excluding hydrogens is 308 g/mol. The van der Waals surface area contributed by atoms with Gasteiger partial charge >= 0.3 is 0 Å². The Morgan fingerprint density at radius 3 is 2.75 bits per heavy atom. The number of nitrogens with one attached hydrogen (secondary N) is 1. The van der Waals surface area contributed by atoms with E-state index >= 15 is 0 Å². The van der Waals surface area contributed by atoms with Gasteiger partial charge in [0.25, 0.3) is 5.91 Å². The maximum atomic E-state index is 12.5. The molecule has 0 radical (unpaired) electrons. The van der Waals surface area contributed by atoms with E-state index in [-0.39, 0.29) is 18.1 Å². The second-order valence-electron chi connectivity index (χ2n) is 6.91. The lowest BCUT2D eigenvalue weighted by atomic mass is 9.88. The van der Waals surface area contributed by atoms with Crippen molar-refractivity contribution in [2.24, 2.45) is 0 Å². The second-order valence-corrected chi connectivity index (χ2v) is 6.91. The summed E-state index contributed by atoms with van der Waals surface area (Å²) in [7, 11) is 0. The van der Waals surface area contributed by atoms with E-state index in [1.54, 1.807) is 6.92 Å². The van der Waals surface area contributed by atoms with Crippen LogP contribution in [0.3, 0.4) is 0 Å². The van der Waals surface area contributed by atoms with Crippen LogP contribution in [0.1, 0.15) is 48.1 Å². The molecule has 6 nitrogen and oxygen atoms in total. The van der Waals surface area contributed by atoms with E-state index < -0.39 is 0 Å². The van der Waals surface area contributed by atoms with E-state index in [4.69, 9.17) is 14.0 Å².